The summed E-state index contributed by atoms with van der Waals surface area (Å²) in [6.45, 7) is 3.89. The molecule has 1 heterocycles. The van der Waals surface area contributed by atoms with Crippen molar-refractivity contribution in [2.45, 2.75) is 13.8 Å². The zero-order valence-corrected chi connectivity index (χ0v) is 13.0. The van der Waals surface area contributed by atoms with Crippen molar-refractivity contribution in [3.8, 4) is 22.9 Å². The van der Waals surface area contributed by atoms with Crippen molar-refractivity contribution in [3.05, 3.63) is 57.6 Å². The van der Waals surface area contributed by atoms with Gasteiger partial charge in [-0.2, -0.15) is 0 Å². The first-order valence-corrected chi connectivity index (χ1v) is 7.17. The van der Waals surface area contributed by atoms with E-state index >= 15 is 0 Å². The van der Waals surface area contributed by atoms with E-state index in [1.54, 1.807) is 0 Å². The summed E-state index contributed by atoms with van der Waals surface area (Å²) in [7, 11) is 0. The zero-order valence-electron chi connectivity index (χ0n) is 11.5. The standard InChI is InChI=1S/C16H12Cl2N2O/c1-9-3-5-11(7-13(9)17)15-19-20-16(21-15)12-6-4-10(2)14(18)8-12/h3-8H,1-2H3. The van der Waals surface area contributed by atoms with Crippen LogP contribution in [0.25, 0.3) is 22.9 Å². The summed E-state index contributed by atoms with van der Waals surface area (Å²) in [6, 6.07) is 11.3. The molecular formula is C16H12Cl2N2O. The molecule has 0 aliphatic heterocycles. The summed E-state index contributed by atoms with van der Waals surface area (Å²) in [5.41, 5.74) is 3.60. The minimum atomic E-state index is 0.434. The maximum atomic E-state index is 6.12. The first-order valence-electron chi connectivity index (χ1n) is 6.41. The molecular weight excluding hydrogens is 307 g/mol. The van der Waals surface area contributed by atoms with Gasteiger partial charge in [0, 0.05) is 21.2 Å². The third-order valence-electron chi connectivity index (χ3n) is 3.26. The zero-order chi connectivity index (χ0) is 15.0. The Hall–Kier alpha value is -1.84. The number of nitrogens with zero attached hydrogens (tertiary/aromatic N) is 2. The first-order chi connectivity index (χ1) is 10.0. The van der Waals surface area contributed by atoms with Crippen LogP contribution in [0.4, 0.5) is 0 Å². The number of aryl methyl sites for hydroxylation is 2. The van der Waals surface area contributed by atoms with E-state index < -0.39 is 0 Å². The molecule has 0 fully saturated rings. The van der Waals surface area contributed by atoms with Crippen LogP contribution in [0.1, 0.15) is 11.1 Å². The Bertz CT molecular complexity index is 746. The molecule has 1 aromatic heterocycles. The predicted molar refractivity (Wildman–Crippen MR) is 84.7 cm³/mol. The van der Waals surface area contributed by atoms with Crippen molar-refractivity contribution >= 4 is 23.2 Å². The monoisotopic (exact) mass is 318 g/mol. The van der Waals surface area contributed by atoms with Crippen LogP contribution in [0, 0.1) is 13.8 Å². The van der Waals surface area contributed by atoms with E-state index in [1.165, 1.54) is 0 Å². The topological polar surface area (TPSA) is 38.9 Å². The highest BCUT2D eigenvalue weighted by atomic mass is 35.5. The van der Waals surface area contributed by atoms with Crippen molar-refractivity contribution in [2.75, 3.05) is 0 Å². The molecule has 0 N–H and O–H groups in total. The summed E-state index contributed by atoms with van der Waals surface area (Å²) in [5.74, 6) is 0.868. The number of benzene rings is 2. The fraction of sp³-hybridized carbons (Fsp3) is 0.125. The van der Waals surface area contributed by atoms with E-state index in [-0.39, 0.29) is 0 Å². The maximum absolute atomic E-state index is 6.12. The van der Waals surface area contributed by atoms with E-state index in [4.69, 9.17) is 27.6 Å². The average Bonchev–Trinajstić information content (AvgIpc) is 2.94. The van der Waals surface area contributed by atoms with Crippen LogP contribution in [-0.4, -0.2) is 10.2 Å². The SMILES string of the molecule is Cc1ccc(-c2nnc(-c3ccc(C)c(Cl)c3)o2)cc1Cl. The van der Waals surface area contributed by atoms with E-state index in [9.17, 15) is 0 Å². The molecule has 0 atom stereocenters. The van der Waals surface area contributed by atoms with Gasteiger partial charge >= 0.3 is 0 Å². The third kappa shape index (κ3) is 2.80. The van der Waals surface area contributed by atoms with Gasteiger partial charge in [-0.3, -0.25) is 0 Å². The normalized spacial score (nSPS) is 10.9. The Balaban J connectivity index is 1.99. The predicted octanol–water partition coefficient (Wildman–Crippen LogP) is 5.33. The summed E-state index contributed by atoms with van der Waals surface area (Å²) in [5, 5.41) is 9.48. The van der Waals surface area contributed by atoms with Crippen molar-refractivity contribution in [3.63, 3.8) is 0 Å². The van der Waals surface area contributed by atoms with Gasteiger partial charge in [0.1, 0.15) is 0 Å². The van der Waals surface area contributed by atoms with Crippen LogP contribution in [0.2, 0.25) is 10.0 Å². The minimum Gasteiger partial charge on any atom is -0.416 e. The molecule has 3 aromatic rings. The van der Waals surface area contributed by atoms with Gasteiger partial charge in [0.15, 0.2) is 0 Å². The molecule has 0 saturated carbocycles. The first kappa shape index (κ1) is 14.1. The molecule has 106 valence electrons. The van der Waals surface area contributed by atoms with Crippen molar-refractivity contribution in [1.82, 2.24) is 10.2 Å². The molecule has 0 aliphatic carbocycles. The molecule has 3 rings (SSSR count). The summed E-state index contributed by atoms with van der Waals surface area (Å²) in [4.78, 5) is 0. The van der Waals surface area contributed by atoms with E-state index in [1.807, 2.05) is 50.2 Å². The summed E-state index contributed by atoms with van der Waals surface area (Å²) in [6.07, 6.45) is 0. The van der Waals surface area contributed by atoms with Gasteiger partial charge in [-0.1, -0.05) is 35.3 Å². The molecule has 2 aromatic carbocycles. The molecule has 0 bridgehead atoms. The smallest absolute Gasteiger partial charge is 0.248 e. The quantitative estimate of drug-likeness (QED) is 0.641. The van der Waals surface area contributed by atoms with Crippen molar-refractivity contribution in [1.29, 1.82) is 0 Å². The van der Waals surface area contributed by atoms with Crippen LogP contribution in [-0.2, 0) is 0 Å². The molecule has 0 saturated heterocycles. The Morgan fingerprint density at radius 2 is 1.19 bits per heavy atom. The van der Waals surface area contributed by atoms with Crippen LogP contribution in [0.3, 0.4) is 0 Å². The maximum Gasteiger partial charge on any atom is 0.248 e. The number of rotatable bonds is 2. The largest absolute Gasteiger partial charge is 0.416 e. The lowest BCUT2D eigenvalue weighted by Gasteiger charge is -2.00. The van der Waals surface area contributed by atoms with Crippen LogP contribution in [0.15, 0.2) is 40.8 Å². The van der Waals surface area contributed by atoms with Gasteiger partial charge in [0.05, 0.1) is 0 Å². The molecule has 21 heavy (non-hydrogen) atoms. The van der Waals surface area contributed by atoms with Crippen molar-refractivity contribution in [2.24, 2.45) is 0 Å². The van der Waals surface area contributed by atoms with Gasteiger partial charge in [-0.15, -0.1) is 10.2 Å². The van der Waals surface area contributed by atoms with Gasteiger partial charge in [-0.25, -0.2) is 0 Å². The summed E-state index contributed by atoms with van der Waals surface area (Å²) < 4.78 is 5.71. The highest BCUT2D eigenvalue weighted by Gasteiger charge is 2.12. The number of hydrogen-bond acceptors (Lipinski definition) is 3. The van der Waals surface area contributed by atoms with Gasteiger partial charge in [0.2, 0.25) is 11.8 Å². The highest BCUT2D eigenvalue weighted by Crippen LogP contribution is 2.29. The fourth-order valence-electron chi connectivity index (χ4n) is 1.91. The Kier molecular flexibility index (Phi) is 3.70. The van der Waals surface area contributed by atoms with Crippen molar-refractivity contribution < 1.29 is 4.42 Å². The lowest BCUT2D eigenvalue weighted by atomic mass is 10.1. The lowest BCUT2D eigenvalue weighted by molar-refractivity contribution is 0.584. The number of halogens is 2. The van der Waals surface area contributed by atoms with E-state index in [0.29, 0.717) is 21.8 Å². The molecule has 3 nitrogen and oxygen atoms in total. The van der Waals surface area contributed by atoms with Gasteiger partial charge in [0.25, 0.3) is 0 Å². The average molecular weight is 319 g/mol. The third-order valence-corrected chi connectivity index (χ3v) is 4.08. The molecule has 0 radical (unpaired) electrons. The van der Waals surface area contributed by atoms with E-state index in [0.717, 1.165) is 22.3 Å². The summed E-state index contributed by atoms with van der Waals surface area (Å²) >= 11 is 12.2. The molecule has 0 aliphatic rings. The number of hydrogen-bond donors (Lipinski definition) is 0. The highest BCUT2D eigenvalue weighted by molar-refractivity contribution is 6.31. The molecule has 0 unspecified atom stereocenters. The van der Waals surface area contributed by atoms with E-state index in [2.05, 4.69) is 10.2 Å². The lowest BCUT2D eigenvalue weighted by Crippen LogP contribution is -1.80. The molecule has 0 amide bonds. The molecule has 5 heteroatoms. The van der Waals surface area contributed by atoms with Crippen LogP contribution < -0.4 is 0 Å². The Morgan fingerprint density at radius 1 is 0.762 bits per heavy atom. The molecule has 0 spiro atoms. The second-order valence-electron chi connectivity index (χ2n) is 4.84. The fourth-order valence-corrected chi connectivity index (χ4v) is 2.27. The Labute approximate surface area is 132 Å². The van der Waals surface area contributed by atoms with Gasteiger partial charge in [-0.05, 0) is 49.2 Å². The second kappa shape index (κ2) is 5.51. The second-order valence-corrected chi connectivity index (χ2v) is 5.65. The van der Waals surface area contributed by atoms with Crippen LogP contribution in [0.5, 0.6) is 0 Å². The van der Waals surface area contributed by atoms with Gasteiger partial charge < -0.3 is 4.42 Å². The number of aromatic nitrogens is 2. The van der Waals surface area contributed by atoms with Crippen LogP contribution >= 0.6 is 23.2 Å². The Morgan fingerprint density at radius 3 is 1.57 bits per heavy atom. The minimum absolute atomic E-state index is 0.434.